The first-order valence-corrected chi connectivity index (χ1v) is 2.28. The van der Waals surface area contributed by atoms with Gasteiger partial charge in [0.05, 0.1) is 6.04 Å². The second-order valence-corrected chi connectivity index (χ2v) is 1.96. The minimum Gasteiger partial charge on any atom is -0.852 e. The van der Waals surface area contributed by atoms with E-state index in [1.54, 1.807) is 0 Å². The Morgan fingerprint density at radius 3 is 2.00 bits per heavy atom. The van der Waals surface area contributed by atoms with Crippen LogP contribution in [0.2, 0.25) is 0 Å². The number of hydrogen-bond donors (Lipinski definition) is 1. The van der Waals surface area contributed by atoms with Crippen molar-refractivity contribution < 1.29 is 10.8 Å². The zero-order valence-electron chi connectivity index (χ0n) is 3.68. The molecule has 0 amide bonds. The second kappa shape index (κ2) is 1.21. The second-order valence-electron chi connectivity index (χ2n) is 1.96. The lowest BCUT2D eigenvalue weighted by molar-refractivity contribution is -0.518. The van der Waals surface area contributed by atoms with E-state index in [-0.39, 0.29) is 6.10 Å². The molecule has 2 heteroatoms. The fourth-order valence-corrected chi connectivity index (χ4v) is 0.675. The molecule has 1 saturated carbocycles. The van der Waals surface area contributed by atoms with Crippen LogP contribution >= 0.6 is 0 Å². The summed E-state index contributed by atoms with van der Waals surface area (Å²) in [5, 5.41) is 10.2. The van der Waals surface area contributed by atoms with Crippen molar-refractivity contribution in [2.45, 2.75) is 25.0 Å². The van der Waals surface area contributed by atoms with Crippen molar-refractivity contribution in [3.8, 4) is 0 Å². The highest BCUT2D eigenvalue weighted by Gasteiger charge is 2.18. The topological polar surface area (TPSA) is 50.7 Å². The van der Waals surface area contributed by atoms with E-state index in [4.69, 9.17) is 0 Å². The lowest BCUT2D eigenvalue weighted by atomic mass is 9.91. The summed E-state index contributed by atoms with van der Waals surface area (Å²) in [6, 6.07) is 0.479. The monoisotopic (exact) mass is 87.1 g/mol. The fourth-order valence-electron chi connectivity index (χ4n) is 0.675. The predicted molar refractivity (Wildman–Crippen MR) is 19.7 cm³/mol. The summed E-state index contributed by atoms with van der Waals surface area (Å²) in [6.45, 7) is 0. The molecule has 0 aromatic carbocycles. The molecule has 0 atom stereocenters. The van der Waals surface area contributed by atoms with E-state index in [0.29, 0.717) is 6.04 Å². The van der Waals surface area contributed by atoms with Gasteiger partial charge in [0, 0.05) is 0 Å². The Morgan fingerprint density at radius 2 is 2.00 bits per heavy atom. The van der Waals surface area contributed by atoms with Crippen LogP contribution in [0.3, 0.4) is 0 Å². The molecule has 0 heterocycles. The first-order valence-electron chi connectivity index (χ1n) is 2.28. The molecule has 0 spiro atoms. The van der Waals surface area contributed by atoms with Crippen molar-refractivity contribution in [3.05, 3.63) is 0 Å². The fraction of sp³-hybridized carbons (Fsp3) is 1.00. The summed E-state index contributed by atoms with van der Waals surface area (Å²) >= 11 is 0. The van der Waals surface area contributed by atoms with Crippen molar-refractivity contribution in [2.75, 3.05) is 0 Å². The molecule has 3 N–H and O–H groups in total. The summed E-state index contributed by atoms with van der Waals surface area (Å²) in [4.78, 5) is 0. The van der Waals surface area contributed by atoms with E-state index in [2.05, 4.69) is 5.73 Å². The summed E-state index contributed by atoms with van der Waals surface area (Å²) in [6.07, 6.45) is 1.34. The van der Waals surface area contributed by atoms with E-state index in [0.717, 1.165) is 12.8 Å². The molecule has 0 unspecified atom stereocenters. The molecule has 2 nitrogen and oxygen atoms in total. The van der Waals surface area contributed by atoms with Crippen LogP contribution in [0, 0.1) is 0 Å². The van der Waals surface area contributed by atoms with Gasteiger partial charge in [0.15, 0.2) is 0 Å². The molecule has 0 aromatic rings. The van der Waals surface area contributed by atoms with Gasteiger partial charge < -0.3 is 10.8 Å². The first kappa shape index (κ1) is 4.09. The summed E-state index contributed by atoms with van der Waals surface area (Å²) in [7, 11) is 0. The number of hydrogen-bond acceptors (Lipinski definition) is 1. The maximum Gasteiger partial charge on any atom is 0.0822 e. The van der Waals surface area contributed by atoms with Crippen LogP contribution in [0.25, 0.3) is 0 Å². The molecule has 0 aromatic heterocycles. The normalized spacial score (nSPS) is 45.0. The molecule has 0 saturated heterocycles. The quantitative estimate of drug-likeness (QED) is 0.369. The number of rotatable bonds is 0. The standard InChI is InChI=1S/C4H8NO/c5-3-1-4(6)2-3/h3-4H,1-2,5H2/q-1/p+1. The van der Waals surface area contributed by atoms with Crippen LogP contribution in [-0.2, 0) is 0 Å². The average molecular weight is 87.1 g/mol. The largest absolute Gasteiger partial charge is 0.852 e. The Balaban J connectivity index is 2.11. The molecule has 1 aliphatic carbocycles. The van der Waals surface area contributed by atoms with Crippen molar-refractivity contribution in [3.63, 3.8) is 0 Å². The maximum absolute atomic E-state index is 10.2. The smallest absolute Gasteiger partial charge is 0.0822 e. The molecule has 6 heavy (non-hydrogen) atoms. The van der Waals surface area contributed by atoms with Crippen LogP contribution in [0.5, 0.6) is 0 Å². The van der Waals surface area contributed by atoms with Gasteiger partial charge in [-0.2, -0.15) is 0 Å². The van der Waals surface area contributed by atoms with Gasteiger partial charge in [-0.15, -0.1) is 6.10 Å². The van der Waals surface area contributed by atoms with Gasteiger partial charge in [0.2, 0.25) is 0 Å². The van der Waals surface area contributed by atoms with Crippen molar-refractivity contribution in [1.82, 2.24) is 0 Å². The van der Waals surface area contributed by atoms with Crippen LogP contribution in [0.1, 0.15) is 12.8 Å². The van der Waals surface area contributed by atoms with Gasteiger partial charge in [-0.25, -0.2) is 0 Å². The van der Waals surface area contributed by atoms with Gasteiger partial charge in [0.25, 0.3) is 0 Å². The van der Waals surface area contributed by atoms with E-state index in [1.807, 2.05) is 0 Å². The van der Waals surface area contributed by atoms with Crippen molar-refractivity contribution in [2.24, 2.45) is 0 Å². The SMILES string of the molecule is [NH3+]C1CC([O-])C1. The molecule has 36 valence electrons. The van der Waals surface area contributed by atoms with Crippen LogP contribution < -0.4 is 10.8 Å². The third kappa shape index (κ3) is 0.533. The molecular formula is C4H9NO. The molecule has 1 fully saturated rings. The highest BCUT2D eigenvalue weighted by atomic mass is 16.3. The minimum absolute atomic E-state index is 0.271. The average Bonchev–Trinajstić information content (AvgIpc) is 1.33. The molecule has 0 radical (unpaired) electrons. The number of quaternary nitrogens is 1. The van der Waals surface area contributed by atoms with E-state index < -0.39 is 0 Å². The molecule has 1 rings (SSSR count). The Hall–Kier alpha value is -0.0800. The molecule has 1 aliphatic rings. The van der Waals surface area contributed by atoms with Crippen LogP contribution in [-0.4, -0.2) is 12.1 Å². The van der Waals surface area contributed by atoms with E-state index >= 15 is 0 Å². The zero-order valence-corrected chi connectivity index (χ0v) is 3.68. The van der Waals surface area contributed by atoms with Gasteiger partial charge in [-0.3, -0.25) is 0 Å². The Bertz CT molecular complexity index is 43.5. The Kier molecular flexibility index (Phi) is 0.821. The van der Waals surface area contributed by atoms with Gasteiger partial charge in [-0.05, 0) is 12.8 Å². The maximum atomic E-state index is 10.2. The zero-order chi connectivity index (χ0) is 4.57. The summed E-state index contributed by atoms with van der Waals surface area (Å²) < 4.78 is 0. The van der Waals surface area contributed by atoms with Crippen molar-refractivity contribution in [1.29, 1.82) is 0 Å². The lowest BCUT2D eigenvalue weighted by Gasteiger charge is -2.34. The van der Waals surface area contributed by atoms with Gasteiger partial charge in [-0.1, -0.05) is 0 Å². The Morgan fingerprint density at radius 1 is 1.50 bits per heavy atom. The third-order valence-electron chi connectivity index (χ3n) is 1.19. The molecule has 0 aliphatic heterocycles. The third-order valence-corrected chi connectivity index (χ3v) is 1.19. The highest BCUT2D eigenvalue weighted by Crippen LogP contribution is 2.11. The van der Waals surface area contributed by atoms with E-state index in [9.17, 15) is 5.11 Å². The highest BCUT2D eigenvalue weighted by molar-refractivity contribution is 4.74. The van der Waals surface area contributed by atoms with Crippen LogP contribution in [0.15, 0.2) is 0 Å². The van der Waals surface area contributed by atoms with Gasteiger partial charge in [0.1, 0.15) is 0 Å². The molecular weight excluding hydrogens is 78.0 g/mol. The van der Waals surface area contributed by atoms with Crippen molar-refractivity contribution >= 4 is 0 Å². The summed E-state index contributed by atoms with van der Waals surface area (Å²) in [5.74, 6) is 0. The molecule has 0 bridgehead atoms. The minimum atomic E-state index is -0.271. The predicted octanol–water partition coefficient (Wildman–Crippen LogP) is -1.88. The van der Waals surface area contributed by atoms with Gasteiger partial charge >= 0.3 is 0 Å². The summed E-state index contributed by atoms with van der Waals surface area (Å²) in [5.41, 5.74) is 3.69. The first-order chi connectivity index (χ1) is 2.79. The van der Waals surface area contributed by atoms with Crippen LogP contribution in [0.4, 0.5) is 0 Å². The Labute approximate surface area is 37.0 Å². The van der Waals surface area contributed by atoms with E-state index in [1.165, 1.54) is 0 Å². The lowest BCUT2D eigenvalue weighted by Crippen LogP contribution is -2.69.